The predicted molar refractivity (Wildman–Crippen MR) is 148 cm³/mol. The zero-order chi connectivity index (χ0) is 26.1. The summed E-state index contributed by atoms with van der Waals surface area (Å²) in [5, 5.41) is 4.24. The molecule has 0 bridgehead atoms. The molecule has 1 aliphatic rings. The summed E-state index contributed by atoms with van der Waals surface area (Å²) < 4.78 is 3.53. The van der Waals surface area contributed by atoms with E-state index in [1.165, 1.54) is 0 Å². The van der Waals surface area contributed by atoms with Crippen molar-refractivity contribution in [3.8, 4) is 5.69 Å². The Morgan fingerprint density at radius 3 is 2.34 bits per heavy atom. The number of piperazine rings is 1. The van der Waals surface area contributed by atoms with E-state index in [1.807, 2.05) is 79.3 Å². The van der Waals surface area contributed by atoms with E-state index in [4.69, 9.17) is 9.97 Å². The van der Waals surface area contributed by atoms with Gasteiger partial charge in [0.2, 0.25) is 5.95 Å². The Morgan fingerprint density at radius 1 is 0.868 bits per heavy atom. The maximum Gasteiger partial charge on any atom is 0.295 e. The second kappa shape index (κ2) is 10.1. The molecule has 0 saturated carbocycles. The smallest absolute Gasteiger partial charge is 0.295 e. The summed E-state index contributed by atoms with van der Waals surface area (Å²) in [5.41, 5.74) is 2.85. The van der Waals surface area contributed by atoms with Crippen LogP contribution in [-0.4, -0.2) is 60.4 Å². The van der Waals surface area contributed by atoms with Crippen LogP contribution < -0.4 is 15.8 Å². The molecule has 10 heteroatoms. The Balaban J connectivity index is 1.28. The zero-order valence-electron chi connectivity index (χ0n) is 21.4. The van der Waals surface area contributed by atoms with Crippen LogP contribution in [0.3, 0.4) is 0 Å². The van der Waals surface area contributed by atoms with Gasteiger partial charge in [0.05, 0.1) is 23.4 Å². The van der Waals surface area contributed by atoms with E-state index in [9.17, 15) is 4.79 Å². The summed E-state index contributed by atoms with van der Waals surface area (Å²) in [6.07, 6.45) is 3.55. The third-order valence-corrected chi connectivity index (χ3v) is 7.02. The summed E-state index contributed by atoms with van der Waals surface area (Å²) in [5.74, 6) is 2.11. The zero-order valence-corrected chi connectivity index (χ0v) is 21.4. The van der Waals surface area contributed by atoms with Crippen LogP contribution in [0, 0.1) is 6.92 Å². The van der Waals surface area contributed by atoms with Crippen LogP contribution in [0.4, 0.5) is 17.5 Å². The molecule has 192 valence electrons. The van der Waals surface area contributed by atoms with Gasteiger partial charge in [-0.05, 0) is 37.3 Å². The standard InChI is InChI=1S/C28H29N9O/c1-20-25(27(38)37(34(20)2)21-9-4-3-5-10-21)33-26-22-11-6-7-12-23(22)31-24(32-26)19-35-15-17-36(18-16-35)28-29-13-8-14-30-28/h3-14H,15-19H2,1-2H3,(H,31,32,33). The molecule has 6 rings (SSSR count). The topological polar surface area (TPSA) is 97.0 Å². The van der Waals surface area contributed by atoms with Crippen LogP contribution in [0.15, 0.2) is 77.9 Å². The molecule has 1 N–H and O–H groups in total. The molecule has 0 aliphatic carbocycles. The number of fused-ring (bicyclic) bond motifs is 1. The van der Waals surface area contributed by atoms with Crippen molar-refractivity contribution < 1.29 is 0 Å². The minimum Gasteiger partial charge on any atom is -0.338 e. The maximum absolute atomic E-state index is 13.5. The highest BCUT2D eigenvalue weighted by Gasteiger charge is 2.21. The summed E-state index contributed by atoms with van der Waals surface area (Å²) >= 11 is 0. The van der Waals surface area contributed by atoms with E-state index in [0.29, 0.717) is 23.9 Å². The third kappa shape index (κ3) is 4.50. The van der Waals surface area contributed by atoms with Crippen LogP contribution >= 0.6 is 0 Å². The maximum atomic E-state index is 13.5. The molecule has 4 heterocycles. The van der Waals surface area contributed by atoms with Gasteiger partial charge in [-0.2, -0.15) is 0 Å². The lowest BCUT2D eigenvalue weighted by molar-refractivity contribution is 0.243. The van der Waals surface area contributed by atoms with E-state index in [2.05, 4.69) is 25.1 Å². The Bertz CT molecular complexity index is 1620. The van der Waals surface area contributed by atoms with Crippen molar-refractivity contribution in [1.82, 2.24) is 34.2 Å². The molecule has 0 amide bonds. The molecule has 38 heavy (non-hydrogen) atoms. The van der Waals surface area contributed by atoms with Gasteiger partial charge in [0, 0.05) is 51.0 Å². The Morgan fingerprint density at radius 2 is 1.58 bits per heavy atom. The van der Waals surface area contributed by atoms with E-state index < -0.39 is 0 Å². The predicted octanol–water partition coefficient (Wildman–Crippen LogP) is 3.28. The average Bonchev–Trinajstić information content (AvgIpc) is 3.17. The molecule has 5 aromatic rings. The molecule has 0 spiro atoms. The number of para-hydroxylation sites is 2. The third-order valence-electron chi connectivity index (χ3n) is 7.02. The highest BCUT2D eigenvalue weighted by Crippen LogP contribution is 2.25. The van der Waals surface area contributed by atoms with E-state index >= 15 is 0 Å². The van der Waals surface area contributed by atoms with Gasteiger partial charge < -0.3 is 10.2 Å². The number of rotatable bonds is 6. The van der Waals surface area contributed by atoms with Gasteiger partial charge in [-0.1, -0.05) is 30.3 Å². The fourth-order valence-electron chi connectivity index (χ4n) is 4.88. The molecule has 0 atom stereocenters. The van der Waals surface area contributed by atoms with Crippen molar-refractivity contribution >= 4 is 28.4 Å². The first kappa shape index (κ1) is 23.8. The van der Waals surface area contributed by atoms with Crippen LogP contribution in [0.1, 0.15) is 11.5 Å². The van der Waals surface area contributed by atoms with Crippen molar-refractivity contribution in [2.45, 2.75) is 13.5 Å². The largest absolute Gasteiger partial charge is 0.338 e. The average molecular weight is 508 g/mol. The molecule has 0 radical (unpaired) electrons. The van der Waals surface area contributed by atoms with E-state index in [0.717, 1.165) is 54.4 Å². The molecule has 3 aromatic heterocycles. The molecule has 1 fully saturated rings. The Hall–Kier alpha value is -4.57. The van der Waals surface area contributed by atoms with Crippen molar-refractivity contribution in [2.75, 3.05) is 36.4 Å². The van der Waals surface area contributed by atoms with Crippen molar-refractivity contribution in [3.05, 3.63) is 94.9 Å². The molecule has 2 aromatic carbocycles. The number of aromatic nitrogens is 6. The van der Waals surface area contributed by atoms with Crippen LogP contribution in [0.5, 0.6) is 0 Å². The second-order valence-electron chi connectivity index (χ2n) is 9.38. The normalized spacial score (nSPS) is 14.2. The van der Waals surface area contributed by atoms with Crippen molar-refractivity contribution in [3.63, 3.8) is 0 Å². The number of anilines is 3. The number of hydrogen-bond acceptors (Lipinski definition) is 8. The van der Waals surface area contributed by atoms with Gasteiger partial charge in [0.1, 0.15) is 17.3 Å². The summed E-state index contributed by atoms with van der Waals surface area (Å²) in [7, 11) is 1.89. The lowest BCUT2D eigenvalue weighted by Crippen LogP contribution is -2.46. The van der Waals surface area contributed by atoms with Gasteiger partial charge in [-0.3, -0.25) is 14.4 Å². The number of hydrogen-bond donors (Lipinski definition) is 1. The highest BCUT2D eigenvalue weighted by atomic mass is 16.1. The summed E-state index contributed by atoms with van der Waals surface area (Å²) in [4.78, 5) is 36.5. The minimum atomic E-state index is -0.125. The van der Waals surface area contributed by atoms with E-state index in [1.54, 1.807) is 17.1 Å². The van der Waals surface area contributed by atoms with E-state index in [-0.39, 0.29) is 5.56 Å². The van der Waals surface area contributed by atoms with Crippen molar-refractivity contribution in [2.24, 2.45) is 7.05 Å². The highest BCUT2D eigenvalue weighted by molar-refractivity contribution is 5.90. The molecule has 0 unspecified atom stereocenters. The lowest BCUT2D eigenvalue weighted by Gasteiger charge is -2.34. The van der Waals surface area contributed by atoms with Gasteiger partial charge >= 0.3 is 0 Å². The Labute approximate surface area is 220 Å². The van der Waals surface area contributed by atoms with Crippen LogP contribution in [-0.2, 0) is 13.6 Å². The number of nitrogens with zero attached hydrogens (tertiary/aromatic N) is 8. The summed E-state index contributed by atoms with van der Waals surface area (Å²) in [6, 6.07) is 19.4. The second-order valence-corrected chi connectivity index (χ2v) is 9.38. The first-order chi connectivity index (χ1) is 18.6. The van der Waals surface area contributed by atoms with Crippen molar-refractivity contribution in [1.29, 1.82) is 0 Å². The number of nitrogens with one attached hydrogen (secondary N) is 1. The molecule has 1 aliphatic heterocycles. The lowest BCUT2D eigenvalue weighted by atomic mass is 10.2. The van der Waals surface area contributed by atoms with Gasteiger partial charge in [0.15, 0.2) is 0 Å². The van der Waals surface area contributed by atoms with Crippen LogP contribution in [0.25, 0.3) is 16.6 Å². The first-order valence-electron chi connectivity index (χ1n) is 12.7. The van der Waals surface area contributed by atoms with Crippen LogP contribution in [0.2, 0.25) is 0 Å². The molecular weight excluding hydrogens is 478 g/mol. The van der Waals surface area contributed by atoms with Gasteiger partial charge in [-0.25, -0.2) is 24.6 Å². The molecule has 1 saturated heterocycles. The summed E-state index contributed by atoms with van der Waals surface area (Å²) in [6.45, 7) is 5.94. The minimum absolute atomic E-state index is 0.125. The monoisotopic (exact) mass is 507 g/mol. The number of benzene rings is 2. The fraction of sp³-hybridized carbons (Fsp3) is 0.250. The van der Waals surface area contributed by atoms with Gasteiger partial charge in [-0.15, -0.1) is 0 Å². The fourth-order valence-corrected chi connectivity index (χ4v) is 4.88. The SMILES string of the molecule is Cc1c(Nc2nc(CN3CCN(c4ncccn4)CC3)nc3ccccc23)c(=O)n(-c2ccccc2)n1C. The first-order valence-corrected chi connectivity index (χ1v) is 12.7. The Kier molecular flexibility index (Phi) is 6.30. The molecule has 10 nitrogen and oxygen atoms in total. The molecular formula is C28H29N9O. The quantitative estimate of drug-likeness (QED) is 0.374. The van der Waals surface area contributed by atoms with Gasteiger partial charge in [0.25, 0.3) is 5.56 Å².